The molecule has 5 heteroatoms. The summed E-state index contributed by atoms with van der Waals surface area (Å²) in [5, 5.41) is 12.4. The van der Waals surface area contributed by atoms with Gasteiger partial charge in [-0.1, -0.05) is 30.3 Å². The van der Waals surface area contributed by atoms with Crippen LogP contribution in [0.5, 0.6) is 0 Å². The molecular weight excluding hydrogens is 322 g/mol. The van der Waals surface area contributed by atoms with Gasteiger partial charge in [0.15, 0.2) is 0 Å². The van der Waals surface area contributed by atoms with Crippen LogP contribution in [0.25, 0.3) is 0 Å². The zero-order valence-electron chi connectivity index (χ0n) is 13.6. The van der Waals surface area contributed by atoms with Crippen molar-refractivity contribution in [3.63, 3.8) is 0 Å². The number of morpholine rings is 1. The molecule has 0 aliphatic carbocycles. The van der Waals surface area contributed by atoms with Gasteiger partial charge in [0, 0.05) is 31.9 Å². The van der Waals surface area contributed by atoms with Gasteiger partial charge in [-0.2, -0.15) is 5.26 Å². The lowest BCUT2D eigenvalue weighted by Gasteiger charge is -2.30. The van der Waals surface area contributed by atoms with Crippen molar-refractivity contribution in [2.24, 2.45) is 0 Å². The van der Waals surface area contributed by atoms with Gasteiger partial charge in [-0.05, 0) is 29.3 Å². The van der Waals surface area contributed by atoms with Crippen LogP contribution in [0.15, 0.2) is 48.5 Å². The third kappa shape index (κ3) is 4.72. The Balaban J connectivity index is 0.00000208. The summed E-state index contributed by atoms with van der Waals surface area (Å²) < 4.78 is 5.44. The van der Waals surface area contributed by atoms with Gasteiger partial charge in [-0.15, -0.1) is 12.4 Å². The lowest BCUT2D eigenvalue weighted by molar-refractivity contribution is 0.122. The minimum atomic E-state index is 0. The van der Waals surface area contributed by atoms with Gasteiger partial charge >= 0.3 is 0 Å². The fraction of sp³-hybridized carbons (Fsp3) is 0.316. The van der Waals surface area contributed by atoms with E-state index in [1.54, 1.807) is 0 Å². The monoisotopic (exact) mass is 343 g/mol. The molecular formula is C19H22ClN3O. The van der Waals surface area contributed by atoms with E-state index >= 15 is 0 Å². The van der Waals surface area contributed by atoms with E-state index in [2.05, 4.69) is 40.6 Å². The topological polar surface area (TPSA) is 48.3 Å². The van der Waals surface area contributed by atoms with Crippen LogP contribution in [0.4, 0.5) is 5.69 Å². The maximum absolute atomic E-state index is 8.96. The first-order valence-corrected chi connectivity index (χ1v) is 7.97. The lowest BCUT2D eigenvalue weighted by atomic mass is 10.1. The Morgan fingerprint density at radius 3 is 2.62 bits per heavy atom. The number of nitrogens with one attached hydrogen (secondary N) is 1. The minimum Gasteiger partial charge on any atom is -0.378 e. The molecule has 0 spiro atoms. The number of para-hydroxylation sites is 1. The van der Waals surface area contributed by atoms with E-state index in [1.807, 2.05) is 24.3 Å². The first-order chi connectivity index (χ1) is 11.4. The molecule has 0 saturated carbocycles. The van der Waals surface area contributed by atoms with Gasteiger partial charge in [0.05, 0.1) is 24.8 Å². The molecule has 0 amide bonds. The van der Waals surface area contributed by atoms with E-state index in [1.165, 1.54) is 11.3 Å². The maximum Gasteiger partial charge on any atom is 0.0991 e. The number of ether oxygens (including phenoxy) is 1. The molecule has 1 saturated heterocycles. The van der Waals surface area contributed by atoms with E-state index in [0.29, 0.717) is 5.56 Å². The third-order valence-electron chi connectivity index (χ3n) is 4.04. The SMILES string of the molecule is Cl.N#Cc1cccc(CNCc2ccccc2N2CCOCC2)c1. The Morgan fingerprint density at radius 1 is 1.04 bits per heavy atom. The molecule has 1 aliphatic rings. The molecule has 0 unspecified atom stereocenters. The highest BCUT2D eigenvalue weighted by molar-refractivity contribution is 5.85. The zero-order chi connectivity index (χ0) is 15.9. The first kappa shape index (κ1) is 18.3. The van der Waals surface area contributed by atoms with Gasteiger partial charge in [0.2, 0.25) is 0 Å². The van der Waals surface area contributed by atoms with Crippen LogP contribution >= 0.6 is 12.4 Å². The second-order valence-electron chi connectivity index (χ2n) is 5.64. The number of nitrogens with zero attached hydrogens (tertiary/aromatic N) is 2. The van der Waals surface area contributed by atoms with Crippen molar-refractivity contribution in [3.05, 3.63) is 65.2 Å². The van der Waals surface area contributed by atoms with Crippen LogP contribution < -0.4 is 10.2 Å². The van der Waals surface area contributed by atoms with Crippen LogP contribution in [-0.2, 0) is 17.8 Å². The Kier molecular flexibility index (Phi) is 7.07. The maximum atomic E-state index is 8.96. The molecule has 0 radical (unpaired) electrons. The number of hydrogen-bond acceptors (Lipinski definition) is 4. The normalized spacial score (nSPS) is 13.9. The quantitative estimate of drug-likeness (QED) is 0.906. The Morgan fingerprint density at radius 2 is 1.83 bits per heavy atom. The third-order valence-corrected chi connectivity index (χ3v) is 4.04. The smallest absolute Gasteiger partial charge is 0.0991 e. The summed E-state index contributed by atoms with van der Waals surface area (Å²) >= 11 is 0. The van der Waals surface area contributed by atoms with Gasteiger partial charge in [0.1, 0.15) is 0 Å². The number of nitriles is 1. The molecule has 24 heavy (non-hydrogen) atoms. The van der Waals surface area contributed by atoms with Crippen LogP contribution in [0.3, 0.4) is 0 Å². The average Bonchev–Trinajstić information content (AvgIpc) is 2.63. The lowest BCUT2D eigenvalue weighted by Crippen LogP contribution is -2.37. The van der Waals surface area contributed by atoms with Crippen LogP contribution in [0.2, 0.25) is 0 Å². The number of anilines is 1. The van der Waals surface area contributed by atoms with Crippen molar-refractivity contribution >= 4 is 18.1 Å². The molecule has 0 bridgehead atoms. The number of benzene rings is 2. The van der Waals surface area contributed by atoms with E-state index in [0.717, 1.165) is 45.0 Å². The van der Waals surface area contributed by atoms with Crippen molar-refractivity contribution in [3.8, 4) is 6.07 Å². The molecule has 1 aliphatic heterocycles. The van der Waals surface area contributed by atoms with Crippen molar-refractivity contribution in [2.75, 3.05) is 31.2 Å². The highest BCUT2D eigenvalue weighted by Crippen LogP contribution is 2.21. The van der Waals surface area contributed by atoms with Gasteiger partial charge in [-0.25, -0.2) is 0 Å². The molecule has 1 fully saturated rings. The molecule has 2 aromatic rings. The second kappa shape index (κ2) is 9.29. The van der Waals surface area contributed by atoms with Gasteiger partial charge < -0.3 is 15.0 Å². The summed E-state index contributed by atoms with van der Waals surface area (Å²) in [6.45, 7) is 5.05. The van der Waals surface area contributed by atoms with E-state index in [9.17, 15) is 0 Å². The largest absolute Gasteiger partial charge is 0.378 e. The van der Waals surface area contributed by atoms with Crippen molar-refractivity contribution in [2.45, 2.75) is 13.1 Å². The van der Waals surface area contributed by atoms with Crippen LogP contribution in [0.1, 0.15) is 16.7 Å². The van der Waals surface area contributed by atoms with Gasteiger partial charge in [0.25, 0.3) is 0 Å². The summed E-state index contributed by atoms with van der Waals surface area (Å²) in [6.07, 6.45) is 0. The molecule has 3 rings (SSSR count). The molecule has 1 N–H and O–H groups in total. The predicted octanol–water partition coefficient (Wildman–Crippen LogP) is 3.11. The van der Waals surface area contributed by atoms with Crippen LogP contribution in [-0.4, -0.2) is 26.3 Å². The Bertz CT molecular complexity index is 693. The number of halogens is 1. The molecule has 4 nitrogen and oxygen atoms in total. The van der Waals surface area contributed by atoms with Crippen LogP contribution in [0, 0.1) is 11.3 Å². The summed E-state index contributed by atoms with van der Waals surface area (Å²) in [5.41, 5.74) is 4.42. The Hall–Kier alpha value is -2.06. The zero-order valence-corrected chi connectivity index (χ0v) is 14.4. The summed E-state index contributed by atoms with van der Waals surface area (Å²) in [6, 6.07) is 18.4. The number of rotatable bonds is 5. The summed E-state index contributed by atoms with van der Waals surface area (Å²) in [7, 11) is 0. The first-order valence-electron chi connectivity index (χ1n) is 7.97. The van der Waals surface area contributed by atoms with Gasteiger partial charge in [-0.3, -0.25) is 0 Å². The van der Waals surface area contributed by atoms with E-state index in [-0.39, 0.29) is 12.4 Å². The van der Waals surface area contributed by atoms with Crippen molar-refractivity contribution < 1.29 is 4.74 Å². The standard InChI is InChI=1S/C19H21N3O.ClH/c20-13-16-4-3-5-17(12-16)14-21-15-18-6-1-2-7-19(18)22-8-10-23-11-9-22;/h1-7,12,21H,8-11,14-15H2;1H. The van der Waals surface area contributed by atoms with Crippen molar-refractivity contribution in [1.29, 1.82) is 5.26 Å². The highest BCUT2D eigenvalue weighted by atomic mass is 35.5. The average molecular weight is 344 g/mol. The van der Waals surface area contributed by atoms with Crippen molar-refractivity contribution in [1.82, 2.24) is 5.32 Å². The predicted molar refractivity (Wildman–Crippen MR) is 98.4 cm³/mol. The molecule has 2 aromatic carbocycles. The fourth-order valence-electron chi connectivity index (χ4n) is 2.87. The molecule has 1 heterocycles. The minimum absolute atomic E-state index is 0. The molecule has 0 aromatic heterocycles. The summed E-state index contributed by atoms with van der Waals surface area (Å²) in [4.78, 5) is 2.39. The van der Waals surface area contributed by atoms with E-state index < -0.39 is 0 Å². The second-order valence-corrected chi connectivity index (χ2v) is 5.64. The molecule has 0 atom stereocenters. The Labute approximate surface area is 149 Å². The highest BCUT2D eigenvalue weighted by Gasteiger charge is 2.13. The molecule has 126 valence electrons. The fourth-order valence-corrected chi connectivity index (χ4v) is 2.87. The van der Waals surface area contributed by atoms with E-state index in [4.69, 9.17) is 10.00 Å². The number of hydrogen-bond donors (Lipinski definition) is 1. The summed E-state index contributed by atoms with van der Waals surface area (Å²) in [5.74, 6) is 0.